The molecule has 29 heavy (non-hydrogen) atoms. The number of ether oxygens (including phenoxy) is 1. The zero-order chi connectivity index (χ0) is 20.8. The van der Waals surface area contributed by atoms with E-state index in [1.54, 1.807) is 0 Å². The highest BCUT2D eigenvalue weighted by Gasteiger charge is 2.20. The van der Waals surface area contributed by atoms with Gasteiger partial charge in [0.05, 0.1) is 25.4 Å². The molecular weight excluding hydrogens is 378 g/mol. The van der Waals surface area contributed by atoms with Crippen LogP contribution in [0.25, 0.3) is 0 Å². The Labute approximate surface area is 169 Å². The molecule has 1 aliphatic heterocycles. The highest BCUT2D eigenvalue weighted by Crippen LogP contribution is 2.23. The minimum Gasteiger partial charge on any atom is -0.394 e. The largest absolute Gasteiger partial charge is 0.394 e. The van der Waals surface area contributed by atoms with Crippen LogP contribution in [0.5, 0.6) is 0 Å². The second kappa shape index (κ2) is 9.80. The van der Waals surface area contributed by atoms with E-state index in [4.69, 9.17) is 4.74 Å². The van der Waals surface area contributed by atoms with Crippen molar-refractivity contribution in [3.8, 4) is 0 Å². The van der Waals surface area contributed by atoms with Gasteiger partial charge in [-0.2, -0.15) is 0 Å². The van der Waals surface area contributed by atoms with Crippen LogP contribution in [0.4, 0.5) is 14.5 Å². The summed E-state index contributed by atoms with van der Waals surface area (Å²) in [4.78, 5) is 14.4. The maximum absolute atomic E-state index is 13.3. The molecule has 1 amide bonds. The lowest BCUT2D eigenvalue weighted by Crippen LogP contribution is -2.44. The Morgan fingerprint density at radius 3 is 2.76 bits per heavy atom. The van der Waals surface area contributed by atoms with Gasteiger partial charge in [-0.15, -0.1) is 0 Å². The first-order valence-corrected chi connectivity index (χ1v) is 9.76. The van der Waals surface area contributed by atoms with Crippen molar-refractivity contribution in [2.75, 3.05) is 31.2 Å². The summed E-state index contributed by atoms with van der Waals surface area (Å²) in [6.45, 7) is 3.80. The van der Waals surface area contributed by atoms with Gasteiger partial charge in [-0.1, -0.05) is 12.1 Å². The van der Waals surface area contributed by atoms with E-state index in [1.165, 1.54) is 12.1 Å². The molecule has 156 valence electrons. The van der Waals surface area contributed by atoms with Crippen molar-refractivity contribution in [1.82, 2.24) is 5.32 Å². The van der Waals surface area contributed by atoms with Crippen LogP contribution in [0.2, 0.25) is 0 Å². The van der Waals surface area contributed by atoms with Gasteiger partial charge in [-0.05, 0) is 48.7 Å². The van der Waals surface area contributed by atoms with Gasteiger partial charge in [0.1, 0.15) is 11.6 Å². The Kier molecular flexibility index (Phi) is 7.17. The number of hydrogen-bond acceptors (Lipinski definition) is 4. The van der Waals surface area contributed by atoms with Crippen LogP contribution in [0.15, 0.2) is 42.5 Å². The fourth-order valence-corrected chi connectivity index (χ4v) is 3.47. The van der Waals surface area contributed by atoms with E-state index in [-0.39, 0.29) is 37.5 Å². The molecule has 0 aliphatic carbocycles. The van der Waals surface area contributed by atoms with Gasteiger partial charge >= 0.3 is 0 Å². The van der Waals surface area contributed by atoms with Crippen LogP contribution in [0.3, 0.4) is 0 Å². The Morgan fingerprint density at radius 2 is 2.03 bits per heavy atom. The minimum absolute atomic E-state index is 0.0160. The molecule has 2 atom stereocenters. The molecule has 1 saturated heterocycles. The summed E-state index contributed by atoms with van der Waals surface area (Å²) < 4.78 is 32.0. The molecule has 1 unspecified atom stereocenters. The molecule has 0 spiro atoms. The number of carbonyl (C=O) groups excluding carboxylic acids is 1. The number of amides is 1. The summed E-state index contributed by atoms with van der Waals surface area (Å²) in [5.74, 6) is -1.46. The minimum atomic E-state index is -0.642. The number of hydrogen-bond donors (Lipinski definition) is 2. The average molecular weight is 404 g/mol. The van der Waals surface area contributed by atoms with E-state index in [0.29, 0.717) is 18.7 Å². The Morgan fingerprint density at radius 1 is 1.28 bits per heavy atom. The summed E-state index contributed by atoms with van der Waals surface area (Å²) in [6, 6.07) is 11.0. The zero-order valence-corrected chi connectivity index (χ0v) is 16.4. The number of benzene rings is 2. The predicted molar refractivity (Wildman–Crippen MR) is 107 cm³/mol. The van der Waals surface area contributed by atoms with E-state index in [2.05, 4.69) is 10.2 Å². The SMILES string of the molecule is C[C@@H](NC(=O)CCc1cc(F)cc(F)c1)c1cccc(N2CCOC(CO)C2)c1. The first kappa shape index (κ1) is 21.2. The third-order valence-electron chi connectivity index (χ3n) is 5.02. The number of aryl methyl sites for hydroxylation is 1. The fourth-order valence-electron chi connectivity index (χ4n) is 3.47. The molecule has 1 aliphatic rings. The molecule has 0 bridgehead atoms. The lowest BCUT2D eigenvalue weighted by atomic mass is 10.1. The Bertz CT molecular complexity index is 826. The molecule has 0 saturated carbocycles. The highest BCUT2D eigenvalue weighted by atomic mass is 19.1. The molecule has 2 N–H and O–H groups in total. The summed E-state index contributed by atoms with van der Waals surface area (Å²) in [7, 11) is 0. The van der Waals surface area contributed by atoms with Gasteiger partial charge in [0.25, 0.3) is 0 Å². The molecular formula is C22H26F2N2O3. The maximum Gasteiger partial charge on any atom is 0.220 e. The topological polar surface area (TPSA) is 61.8 Å². The van der Waals surface area contributed by atoms with Crippen molar-refractivity contribution in [3.05, 3.63) is 65.2 Å². The van der Waals surface area contributed by atoms with E-state index in [1.807, 2.05) is 31.2 Å². The molecule has 1 heterocycles. The third kappa shape index (κ3) is 5.98. The molecule has 0 radical (unpaired) electrons. The number of nitrogens with zero attached hydrogens (tertiary/aromatic N) is 1. The Balaban J connectivity index is 1.57. The van der Waals surface area contributed by atoms with Gasteiger partial charge in [0, 0.05) is 31.3 Å². The van der Waals surface area contributed by atoms with Crippen LogP contribution in [0, 0.1) is 11.6 Å². The van der Waals surface area contributed by atoms with Crippen molar-refractivity contribution >= 4 is 11.6 Å². The van der Waals surface area contributed by atoms with Crippen molar-refractivity contribution in [2.24, 2.45) is 0 Å². The monoisotopic (exact) mass is 404 g/mol. The number of rotatable bonds is 7. The fraction of sp³-hybridized carbons (Fsp3) is 0.409. The molecule has 1 fully saturated rings. The summed E-state index contributed by atoms with van der Waals surface area (Å²) in [5, 5.41) is 12.3. The lowest BCUT2D eigenvalue weighted by molar-refractivity contribution is -0.121. The van der Waals surface area contributed by atoms with Crippen LogP contribution in [-0.4, -0.2) is 43.4 Å². The first-order chi connectivity index (χ1) is 13.9. The zero-order valence-electron chi connectivity index (χ0n) is 16.4. The maximum atomic E-state index is 13.3. The molecule has 0 aromatic heterocycles. The van der Waals surface area contributed by atoms with E-state index in [9.17, 15) is 18.7 Å². The van der Waals surface area contributed by atoms with Crippen molar-refractivity contribution in [3.63, 3.8) is 0 Å². The predicted octanol–water partition coefficient (Wildman–Crippen LogP) is 2.97. The van der Waals surface area contributed by atoms with Crippen LogP contribution in [-0.2, 0) is 16.0 Å². The molecule has 2 aromatic carbocycles. The third-order valence-corrected chi connectivity index (χ3v) is 5.02. The average Bonchev–Trinajstić information content (AvgIpc) is 2.71. The number of nitrogens with one attached hydrogen (secondary N) is 1. The van der Waals surface area contributed by atoms with Gasteiger partial charge < -0.3 is 20.1 Å². The van der Waals surface area contributed by atoms with Gasteiger partial charge in [0.15, 0.2) is 0 Å². The summed E-state index contributed by atoms with van der Waals surface area (Å²) in [6.07, 6.45) is 0.218. The number of aliphatic hydroxyl groups excluding tert-OH is 1. The lowest BCUT2D eigenvalue weighted by Gasteiger charge is -2.34. The molecule has 2 aromatic rings. The smallest absolute Gasteiger partial charge is 0.220 e. The van der Waals surface area contributed by atoms with Crippen molar-refractivity contribution < 1.29 is 23.4 Å². The molecule has 7 heteroatoms. The standard InChI is InChI=1S/C22H26F2N2O3/c1-15(25-22(28)6-5-16-9-18(23)12-19(24)10-16)17-3-2-4-20(11-17)26-7-8-29-21(13-26)14-27/h2-4,9-12,15,21,27H,5-8,13-14H2,1H3,(H,25,28)/t15-,21?/m1/s1. The normalized spacial score (nSPS) is 17.8. The molecule has 5 nitrogen and oxygen atoms in total. The van der Waals surface area contributed by atoms with E-state index >= 15 is 0 Å². The van der Waals surface area contributed by atoms with Crippen molar-refractivity contribution in [2.45, 2.75) is 31.9 Å². The van der Waals surface area contributed by atoms with Gasteiger partial charge in [0.2, 0.25) is 5.91 Å². The number of morpholine rings is 1. The summed E-state index contributed by atoms with van der Waals surface area (Å²) >= 11 is 0. The number of halogens is 2. The quantitative estimate of drug-likeness (QED) is 0.745. The number of anilines is 1. The van der Waals surface area contributed by atoms with Crippen molar-refractivity contribution in [1.29, 1.82) is 0 Å². The second-order valence-electron chi connectivity index (χ2n) is 7.28. The molecule has 3 rings (SSSR count). The highest BCUT2D eigenvalue weighted by molar-refractivity contribution is 5.76. The first-order valence-electron chi connectivity index (χ1n) is 9.76. The van der Waals surface area contributed by atoms with E-state index < -0.39 is 11.6 Å². The number of aliphatic hydroxyl groups is 1. The van der Waals surface area contributed by atoms with Crippen LogP contribution >= 0.6 is 0 Å². The Hall–Kier alpha value is -2.51. The van der Waals surface area contributed by atoms with Crippen LogP contribution < -0.4 is 10.2 Å². The summed E-state index contributed by atoms with van der Waals surface area (Å²) in [5.41, 5.74) is 2.43. The van der Waals surface area contributed by atoms with Gasteiger partial charge in [-0.25, -0.2) is 8.78 Å². The second-order valence-corrected chi connectivity index (χ2v) is 7.28. The number of carbonyl (C=O) groups is 1. The van der Waals surface area contributed by atoms with Crippen LogP contribution in [0.1, 0.15) is 30.5 Å². The van der Waals surface area contributed by atoms with Gasteiger partial charge in [-0.3, -0.25) is 4.79 Å². The van der Waals surface area contributed by atoms with E-state index in [0.717, 1.165) is 23.9 Å².